The van der Waals surface area contributed by atoms with Crippen molar-refractivity contribution in [1.82, 2.24) is 10.6 Å². The number of fused-ring (bicyclic) bond motifs is 1. The second-order valence-corrected chi connectivity index (χ2v) is 8.48. The van der Waals surface area contributed by atoms with Crippen molar-refractivity contribution in [1.29, 1.82) is 0 Å². The summed E-state index contributed by atoms with van der Waals surface area (Å²) in [5.41, 5.74) is 5.31. The van der Waals surface area contributed by atoms with E-state index in [1.807, 2.05) is 0 Å². The molecule has 1 unspecified atom stereocenters. The summed E-state index contributed by atoms with van der Waals surface area (Å²) in [4.78, 5) is 14.8. The molecule has 2 aromatic carbocycles. The molecule has 31 heavy (non-hydrogen) atoms. The summed E-state index contributed by atoms with van der Waals surface area (Å²) in [6.07, 6.45) is 6.26. The molecule has 1 atom stereocenters. The Morgan fingerprint density at radius 1 is 1.06 bits per heavy atom. The third-order valence-electron chi connectivity index (χ3n) is 6.21. The van der Waals surface area contributed by atoms with Gasteiger partial charge in [-0.1, -0.05) is 42.5 Å². The van der Waals surface area contributed by atoms with Crippen LogP contribution in [0.4, 0.5) is 5.69 Å². The summed E-state index contributed by atoms with van der Waals surface area (Å²) in [6, 6.07) is 17.3. The molecule has 0 aromatic heterocycles. The summed E-state index contributed by atoms with van der Waals surface area (Å²) >= 11 is 0. The van der Waals surface area contributed by atoms with Crippen LogP contribution in [-0.2, 0) is 24.1 Å². The van der Waals surface area contributed by atoms with Gasteiger partial charge in [0.1, 0.15) is 0 Å². The van der Waals surface area contributed by atoms with Crippen molar-refractivity contribution in [3.05, 3.63) is 65.2 Å². The number of aryl methyl sites for hydroxylation is 1. The number of hydrogen-bond donors (Lipinski definition) is 2. The van der Waals surface area contributed by atoms with E-state index < -0.39 is 0 Å². The van der Waals surface area contributed by atoms with Crippen LogP contribution in [0.3, 0.4) is 0 Å². The molecule has 2 aliphatic heterocycles. The molecule has 0 saturated carbocycles. The van der Waals surface area contributed by atoms with Crippen LogP contribution in [0.1, 0.15) is 36.0 Å². The van der Waals surface area contributed by atoms with E-state index in [1.54, 1.807) is 0 Å². The molecule has 4 nitrogen and oxygen atoms in total. The molecule has 0 aliphatic carbocycles. The second-order valence-electron chi connectivity index (χ2n) is 8.48. The third-order valence-corrected chi connectivity index (χ3v) is 6.21. The van der Waals surface area contributed by atoms with E-state index in [9.17, 15) is 4.79 Å². The molecule has 2 N–H and O–H groups in total. The fourth-order valence-corrected chi connectivity index (χ4v) is 4.60. The summed E-state index contributed by atoms with van der Waals surface area (Å²) in [5, 5.41) is 6.52. The predicted molar refractivity (Wildman–Crippen MR) is 134 cm³/mol. The van der Waals surface area contributed by atoms with Crippen molar-refractivity contribution in [3.8, 4) is 0 Å². The first-order valence-corrected chi connectivity index (χ1v) is 11.2. The summed E-state index contributed by atoms with van der Waals surface area (Å²) in [6.45, 7) is 5.14. The van der Waals surface area contributed by atoms with Crippen LogP contribution >= 0.6 is 24.8 Å². The minimum atomic E-state index is 0. The molecule has 4 rings (SSSR count). The van der Waals surface area contributed by atoms with Crippen molar-refractivity contribution < 1.29 is 4.79 Å². The summed E-state index contributed by atoms with van der Waals surface area (Å²) in [7, 11) is 0. The first-order chi connectivity index (χ1) is 14.3. The van der Waals surface area contributed by atoms with Gasteiger partial charge in [0.2, 0.25) is 5.91 Å². The van der Waals surface area contributed by atoms with Crippen LogP contribution in [0.25, 0.3) is 0 Å². The van der Waals surface area contributed by atoms with Gasteiger partial charge in [-0.25, -0.2) is 0 Å². The highest BCUT2D eigenvalue weighted by molar-refractivity contribution is 5.85. The fraction of sp³-hybridized carbons (Fsp3) is 0.480. The SMILES string of the molecule is Cl.Cl.O=C(Cc1ccc(CC2CCNC2)cc1)NCCCN1CCCc2ccccc21. The lowest BCUT2D eigenvalue weighted by Crippen LogP contribution is -2.33. The number of anilines is 1. The standard InChI is InChI=1S/C25H33N3O.2ClH/c29-25(18-21-10-8-20(9-11-21)17-22-12-14-26-19-22)27-13-4-16-28-15-3-6-23-5-1-2-7-24(23)28;;/h1-2,5,7-11,22,26H,3-4,6,12-19H2,(H,27,29);2*1H. The number of nitrogens with one attached hydrogen (secondary N) is 2. The van der Waals surface area contributed by atoms with Gasteiger partial charge >= 0.3 is 0 Å². The zero-order chi connectivity index (χ0) is 19.9. The number of carbonyl (C=O) groups excluding carboxylic acids is 1. The van der Waals surface area contributed by atoms with Gasteiger partial charge in [-0.2, -0.15) is 0 Å². The first-order valence-electron chi connectivity index (χ1n) is 11.2. The highest BCUT2D eigenvalue weighted by Gasteiger charge is 2.16. The highest BCUT2D eigenvalue weighted by atomic mass is 35.5. The lowest BCUT2D eigenvalue weighted by Gasteiger charge is -2.31. The molecule has 2 heterocycles. The van der Waals surface area contributed by atoms with Gasteiger partial charge < -0.3 is 15.5 Å². The first kappa shape index (κ1) is 25.5. The van der Waals surface area contributed by atoms with Gasteiger partial charge in [0.15, 0.2) is 0 Å². The van der Waals surface area contributed by atoms with E-state index in [1.165, 1.54) is 36.1 Å². The van der Waals surface area contributed by atoms with Crippen LogP contribution in [0.2, 0.25) is 0 Å². The number of nitrogens with zero attached hydrogens (tertiary/aromatic N) is 1. The Kier molecular flexibility index (Phi) is 10.7. The van der Waals surface area contributed by atoms with Crippen molar-refractivity contribution in [2.75, 3.05) is 37.6 Å². The minimum absolute atomic E-state index is 0. The maximum atomic E-state index is 12.3. The number of halogens is 2. The lowest BCUT2D eigenvalue weighted by atomic mass is 9.97. The van der Waals surface area contributed by atoms with Gasteiger partial charge in [-0.3, -0.25) is 4.79 Å². The zero-order valence-corrected chi connectivity index (χ0v) is 19.8. The molecule has 1 amide bonds. The Balaban J connectivity index is 0.00000171. The van der Waals surface area contributed by atoms with Crippen LogP contribution in [0, 0.1) is 5.92 Å². The van der Waals surface area contributed by atoms with Gasteiger partial charge in [0, 0.05) is 25.3 Å². The molecule has 0 spiro atoms. The fourth-order valence-electron chi connectivity index (χ4n) is 4.60. The third kappa shape index (κ3) is 7.41. The normalized spacial score (nSPS) is 17.3. The van der Waals surface area contributed by atoms with Gasteiger partial charge in [-0.15, -0.1) is 24.8 Å². The predicted octanol–water partition coefficient (Wildman–Crippen LogP) is 4.18. The number of benzene rings is 2. The Morgan fingerprint density at radius 2 is 1.84 bits per heavy atom. The molecule has 170 valence electrons. The monoisotopic (exact) mass is 463 g/mol. The minimum Gasteiger partial charge on any atom is -0.371 e. The molecule has 2 aliphatic rings. The van der Waals surface area contributed by atoms with Gasteiger partial charge in [0.25, 0.3) is 0 Å². The number of para-hydroxylation sites is 1. The molecular formula is C25H35Cl2N3O. The molecule has 1 fully saturated rings. The van der Waals surface area contributed by atoms with Crippen molar-refractivity contribution in [2.45, 2.75) is 38.5 Å². The van der Waals surface area contributed by atoms with E-state index in [2.05, 4.69) is 64.1 Å². The number of rotatable bonds is 8. The van der Waals surface area contributed by atoms with Crippen LogP contribution < -0.4 is 15.5 Å². The van der Waals surface area contributed by atoms with E-state index in [0.717, 1.165) is 57.0 Å². The van der Waals surface area contributed by atoms with Crippen molar-refractivity contribution in [2.24, 2.45) is 5.92 Å². The maximum absolute atomic E-state index is 12.3. The average molecular weight is 464 g/mol. The van der Waals surface area contributed by atoms with Crippen molar-refractivity contribution in [3.63, 3.8) is 0 Å². The topological polar surface area (TPSA) is 44.4 Å². The molecular weight excluding hydrogens is 429 g/mol. The van der Waals surface area contributed by atoms with Gasteiger partial charge in [-0.05, 0) is 73.9 Å². The van der Waals surface area contributed by atoms with Gasteiger partial charge in [0.05, 0.1) is 6.42 Å². The quantitative estimate of drug-likeness (QED) is 0.576. The summed E-state index contributed by atoms with van der Waals surface area (Å²) in [5.74, 6) is 0.882. The number of carbonyl (C=O) groups is 1. The maximum Gasteiger partial charge on any atom is 0.224 e. The van der Waals surface area contributed by atoms with Crippen molar-refractivity contribution >= 4 is 36.4 Å². The molecule has 0 bridgehead atoms. The number of amides is 1. The van der Waals surface area contributed by atoms with Crippen LogP contribution in [-0.4, -0.2) is 38.6 Å². The smallest absolute Gasteiger partial charge is 0.224 e. The van der Waals surface area contributed by atoms with E-state index in [-0.39, 0.29) is 30.7 Å². The highest BCUT2D eigenvalue weighted by Crippen LogP contribution is 2.26. The van der Waals surface area contributed by atoms with Crippen LogP contribution in [0.15, 0.2) is 48.5 Å². The largest absolute Gasteiger partial charge is 0.371 e. The van der Waals surface area contributed by atoms with E-state index in [4.69, 9.17) is 0 Å². The molecule has 0 radical (unpaired) electrons. The Bertz CT molecular complexity index is 807. The Hall–Kier alpha value is -1.75. The summed E-state index contributed by atoms with van der Waals surface area (Å²) < 4.78 is 0. The van der Waals surface area contributed by atoms with Crippen LogP contribution in [0.5, 0.6) is 0 Å². The lowest BCUT2D eigenvalue weighted by molar-refractivity contribution is -0.120. The number of hydrogen-bond acceptors (Lipinski definition) is 3. The Morgan fingerprint density at radius 3 is 2.61 bits per heavy atom. The average Bonchev–Trinajstić information content (AvgIpc) is 3.26. The zero-order valence-electron chi connectivity index (χ0n) is 18.1. The molecule has 1 saturated heterocycles. The van der Waals surface area contributed by atoms with E-state index >= 15 is 0 Å². The molecule has 6 heteroatoms. The van der Waals surface area contributed by atoms with E-state index in [0.29, 0.717) is 6.42 Å². The Labute approximate surface area is 199 Å². The molecule has 2 aromatic rings. The second kappa shape index (κ2) is 12.9.